The molecule has 0 unspecified atom stereocenters. The largest absolute Gasteiger partial charge is 0.495 e. The smallest absolute Gasteiger partial charge is 0.323 e. The van der Waals surface area contributed by atoms with Gasteiger partial charge >= 0.3 is 6.03 Å². The van der Waals surface area contributed by atoms with Crippen LogP contribution in [0.25, 0.3) is 0 Å². The summed E-state index contributed by atoms with van der Waals surface area (Å²) in [5.41, 5.74) is 7.49. The highest BCUT2D eigenvalue weighted by molar-refractivity contribution is 9.10. The maximum absolute atomic E-state index is 12.0. The summed E-state index contributed by atoms with van der Waals surface area (Å²) < 4.78 is 5.88. The number of anilines is 3. The van der Waals surface area contributed by atoms with E-state index in [1.807, 2.05) is 12.1 Å². The molecule has 104 valence electrons. The molecule has 4 N–H and O–H groups in total. The van der Waals surface area contributed by atoms with Crippen molar-refractivity contribution in [1.82, 2.24) is 0 Å². The molecule has 2 aromatic rings. The molecule has 0 aromatic heterocycles. The summed E-state index contributed by atoms with van der Waals surface area (Å²) in [6.07, 6.45) is 0. The predicted octanol–water partition coefficient (Wildman–Crippen LogP) is 3.68. The number of hydrogen-bond acceptors (Lipinski definition) is 3. The van der Waals surface area contributed by atoms with Crippen LogP contribution in [0.1, 0.15) is 0 Å². The standard InChI is InChI=1S/C14H14BrN3O2/c1-20-13-5-3-2-4-12(13)18-14(19)17-11-7-6-9(16)8-10(11)15/h2-8H,16H2,1H3,(H2,17,18,19). The number of ether oxygens (including phenoxy) is 1. The zero-order valence-corrected chi connectivity index (χ0v) is 12.4. The van der Waals surface area contributed by atoms with Gasteiger partial charge in [-0.25, -0.2) is 4.79 Å². The third-order valence-corrected chi connectivity index (χ3v) is 3.25. The number of nitrogens with one attached hydrogen (secondary N) is 2. The third kappa shape index (κ3) is 3.42. The van der Waals surface area contributed by atoms with Crippen molar-refractivity contribution in [3.63, 3.8) is 0 Å². The van der Waals surface area contributed by atoms with Crippen LogP contribution >= 0.6 is 15.9 Å². The highest BCUT2D eigenvalue weighted by Gasteiger charge is 2.08. The Bertz CT molecular complexity index is 632. The summed E-state index contributed by atoms with van der Waals surface area (Å²) >= 11 is 3.34. The van der Waals surface area contributed by atoms with E-state index in [2.05, 4.69) is 26.6 Å². The molecule has 0 heterocycles. The molecule has 2 rings (SSSR count). The molecule has 2 amide bonds. The van der Waals surface area contributed by atoms with Gasteiger partial charge in [0.25, 0.3) is 0 Å². The Labute approximate surface area is 125 Å². The normalized spacial score (nSPS) is 9.90. The molecule has 0 saturated carbocycles. The molecule has 0 radical (unpaired) electrons. The van der Waals surface area contributed by atoms with Gasteiger partial charge in [-0.3, -0.25) is 0 Å². The first-order chi connectivity index (χ1) is 9.60. The van der Waals surface area contributed by atoms with Crippen molar-refractivity contribution in [3.05, 3.63) is 46.9 Å². The van der Waals surface area contributed by atoms with E-state index in [4.69, 9.17) is 10.5 Å². The summed E-state index contributed by atoms with van der Waals surface area (Å²) in [6, 6.07) is 12.0. The molecule has 2 aromatic carbocycles. The molecule has 0 saturated heterocycles. The van der Waals surface area contributed by atoms with Crippen molar-refractivity contribution in [2.75, 3.05) is 23.5 Å². The summed E-state index contributed by atoms with van der Waals surface area (Å²) in [6.45, 7) is 0. The number of urea groups is 1. The van der Waals surface area contributed by atoms with Crippen LogP contribution in [0.4, 0.5) is 21.9 Å². The number of halogens is 1. The van der Waals surface area contributed by atoms with Crippen molar-refractivity contribution >= 4 is 39.0 Å². The maximum atomic E-state index is 12.0. The van der Waals surface area contributed by atoms with Crippen LogP contribution < -0.4 is 21.1 Å². The quantitative estimate of drug-likeness (QED) is 0.748. The second-order valence-electron chi connectivity index (χ2n) is 4.02. The van der Waals surface area contributed by atoms with E-state index in [1.54, 1.807) is 37.4 Å². The number of carbonyl (C=O) groups excluding carboxylic acids is 1. The van der Waals surface area contributed by atoms with E-state index in [9.17, 15) is 4.79 Å². The molecule has 20 heavy (non-hydrogen) atoms. The number of methoxy groups -OCH3 is 1. The number of benzene rings is 2. The fourth-order valence-electron chi connectivity index (χ4n) is 1.66. The number of rotatable bonds is 3. The second kappa shape index (κ2) is 6.29. The lowest BCUT2D eigenvalue weighted by Gasteiger charge is -2.12. The highest BCUT2D eigenvalue weighted by Crippen LogP contribution is 2.26. The molecule has 5 nitrogen and oxygen atoms in total. The van der Waals surface area contributed by atoms with Crippen LogP contribution in [0, 0.1) is 0 Å². The highest BCUT2D eigenvalue weighted by atomic mass is 79.9. The lowest BCUT2D eigenvalue weighted by molar-refractivity contribution is 0.262. The second-order valence-corrected chi connectivity index (χ2v) is 4.87. The lowest BCUT2D eigenvalue weighted by atomic mass is 10.3. The molecule has 0 fully saturated rings. The molecular weight excluding hydrogens is 322 g/mol. The van der Waals surface area contributed by atoms with Crippen LogP contribution in [-0.2, 0) is 0 Å². The Morgan fingerprint density at radius 3 is 2.55 bits per heavy atom. The summed E-state index contributed by atoms with van der Waals surface area (Å²) in [4.78, 5) is 12.0. The van der Waals surface area contributed by atoms with Gasteiger partial charge in [-0.1, -0.05) is 12.1 Å². The minimum atomic E-state index is -0.361. The first-order valence-electron chi connectivity index (χ1n) is 5.86. The van der Waals surface area contributed by atoms with Gasteiger partial charge in [0.1, 0.15) is 5.75 Å². The Balaban J connectivity index is 2.09. The number of nitrogen functional groups attached to an aromatic ring is 1. The Hall–Kier alpha value is -2.21. The first kappa shape index (κ1) is 14.2. The van der Waals surface area contributed by atoms with E-state index in [0.717, 1.165) is 0 Å². The molecule has 6 heteroatoms. The SMILES string of the molecule is COc1ccccc1NC(=O)Nc1ccc(N)cc1Br. The number of amides is 2. The number of carbonyl (C=O) groups is 1. The van der Waals surface area contributed by atoms with Gasteiger partial charge in [0.2, 0.25) is 0 Å². The average molecular weight is 336 g/mol. The summed E-state index contributed by atoms with van der Waals surface area (Å²) in [5, 5.41) is 5.45. The zero-order valence-electron chi connectivity index (χ0n) is 10.8. The van der Waals surface area contributed by atoms with Crippen LogP contribution in [0.5, 0.6) is 5.75 Å². The molecular formula is C14H14BrN3O2. The molecule has 0 aliphatic rings. The lowest BCUT2D eigenvalue weighted by Crippen LogP contribution is -2.20. The molecule has 0 spiro atoms. The first-order valence-corrected chi connectivity index (χ1v) is 6.65. The zero-order chi connectivity index (χ0) is 14.5. The van der Waals surface area contributed by atoms with Gasteiger partial charge in [-0.05, 0) is 46.3 Å². The van der Waals surface area contributed by atoms with Crippen molar-refractivity contribution in [3.8, 4) is 5.75 Å². The van der Waals surface area contributed by atoms with Crippen LogP contribution in [-0.4, -0.2) is 13.1 Å². The molecule has 0 bridgehead atoms. The van der Waals surface area contributed by atoms with E-state index in [-0.39, 0.29) is 6.03 Å². The minimum absolute atomic E-state index is 0.361. The topological polar surface area (TPSA) is 76.4 Å². The minimum Gasteiger partial charge on any atom is -0.495 e. The fraction of sp³-hybridized carbons (Fsp3) is 0.0714. The van der Waals surface area contributed by atoms with Crippen molar-refractivity contribution in [1.29, 1.82) is 0 Å². The van der Waals surface area contributed by atoms with E-state index >= 15 is 0 Å². The third-order valence-electron chi connectivity index (χ3n) is 2.60. The number of para-hydroxylation sites is 2. The summed E-state index contributed by atoms with van der Waals surface area (Å²) in [7, 11) is 1.55. The van der Waals surface area contributed by atoms with Crippen molar-refractivity contribution in [2.24, 2.45) is 0 Å². The number of hydrogen-bond donors (Lipinski definition) is 3. The van der Waals surface area contributed by atoms with Crippen molar-refractivity contribution in [2.45, 2.75) is 0 Å². The molecule has 0 aliphatic carbocycles. The van der Waals surface area contributed by atoms with Crippen LogP contribution in [0.15, 0.2) is 46.9 Å². The predicted molar refractivity (Wildman–Crippen MR) is 84.2 cm³/mol. The van der Waals surface area contributed by atoms with Gasteiger partial charge in [0.15, 0.2) is 0 Å². The van der Waals surface area contributed by atoms with Crippen molar-refractivity contribution < 1.29 is 9.53 Å². The van der Waals surface area contributed by atoms with Gasteiger partial charge in [-0.2, -0.15) is 0 Å². The Kier molecular flexibility index (Phi) is 4.47. The van der Waals surface area contributed by atoms with Crippen LogP contribution in [0.3, 0.4) is 0 Å². The summed E-state index contributed by atoms with van der Waals surface area (Å²) in [5.74, 6) is 0.596. The van der Waals surface area contributed by atoms with E-state index in [1.165, 1.54) is 0 Å². The monoisotopic (exact) mass is 335 g/mol. The molecule has 0 aliphatic heterocycles. The van der Waals surface area contributed by atoms with E-state index in [0.29, 0.717) is 27.3 Å². The average Bonchev–Trinajstić information content (AvgIpc) is 2.42. The Morgan fingerprint density at radius 2 is 1.85 bits per heavy atom. The fourth-order valence-corrected chi connectivity index (χ4v) is 2.15. The maximum Gasteiger partial charge on any atom is 0.323 e. The van der Waals surface area contributed by atoms with E-state index < -0.39 is 0 Å². The molecule has 0 atom stereocenters. The Morgan fingerprint density at radius 1 is 1.15 bits per heavy atom. The van der Waals surface area contributed by atoms with Crippen LogP contribution in [0.2, 0.25) is 0 Å². The van der Waals surface area contributed by atoms with Gasteiger partial charge in [0.05, 0.1) is 18.5 Å². The number of nitrogens with two attached hydrogens (primary N) is 1. The van der Waals surface area contributed by atoms with Gasteiger partial charge in [-0.15, -0.1) is 0 Å². The van der Waals surface area contributed by atoms with Gasteiger partial charge in [0, 0.05) is 10.2 Å². The van der Waals surface area contributed by atoms with Gasteiger partial charge < -0.3 is 21.1 Å².